The predicted octanol–water partition coefficient (Wildman–Crippen LogP) is 5.49. The second-order valence-electron chi connectivity index (χ2n) is 7.04. The van der Waals surface area contributed by atoms with E-state index in [1.54, 1.807) is 42.5 Å². The Morgan fingerprint density at radius 1 is 1.03 bits per heavy atom. The van der Waals surface area contributed by atoms with Crippen molar-refractivity contribution in [3.8, 4) is 5.75 Å². The first-order valence-corrected chi connectivity index (χ1v) is 10.8. The van der Waals surface area contributed by atoms with E-state index in [1.807, 2.05) is 0 Å². The van der Waals surface area contributed by atoms with E-state index in [-0.39, 0.29) is 23.7 Å². The maximum absolute atomic E-state index is 13.5. The summed E-state index contributed by atoms with van der Waals surface area (Å²) in [5, 5.41) is 2.50. The van der Waals surface area contributed by atoms with Crippen LogP contribution in [0.1, 0.15) is 11.1 Å². The Labute approximate surface area is 201 Å². The van der Waals surface area contributed by atoms with Crippen LogP contribution in [0.4, 0.5) is 14.9 Å². The molecule has 1 aliphatic rings. The second-order valence-corrected chi connectivity index (χ2v) is 8.39. The molecule has 0 aliphatic carbocycles. The molecule has 6 nitrogen and oxygen atoms in total. The maximum Gasteiger partial charge on any atom is 0.335 e. The smallest absolute Gasteiger partial charge is 0.335 e. The average molecular weight is 530 g/mol. The summed E-state index contributed by atoms with van der Waals surface area (Å²) in [5.41, 5.74) is 0.990. The van der Waals surface area contributed by atoms with Crippen molar-refractivity contribution in [1.82, 2.24) is 5.32 Å². The summed E-state index contributed by atoms with van der Waals surface area (Å²) >= 11 is 9.36. The van der Waals surface area contributed by atoms with Crippen molar-refractivity contribution in [3.63, 3.8) is 0 Å². The number of nitrogens with zero attached hydrogens (tertiary/aromatic N) is 1. The monoisotopic (exact) mass is 528 g/mol. The van der Waals surface area contributed by atoms with E-state index in [4.69, 9.17) is 16.3 Å². The van der Waals surface area contributed by atoms with Gasteiger partial charge in [-0.1, -0.05) is 45.7 Å². The zero-order valence-electron chi connectivity index (χ0n) is 16.8. The molecule has 0 aromatic heterocycles. The first-order chi connectivity index (χ1) is 15.8. The number of rotatable bonds is 5. The summed E-state index contributed by atoms with van der Waals surface area (Å²) in [4.78, 5) is 38.8. The first kappa shape index (κ1) is 22.7. The summed E-state index contributed by atoms with van der Waals surface area (Å²) in [7, 11) is 0. The Bertz CT molecular complexity index is 1310. The zero-order chi connectivity index (χ0) is 23.5. The van der Waals surface area contributed by atoms with Crippen LogP contribution >= 0.6 is 27.5 Å². The normalized spacial score (nSPS) is 15.1. The van der Waals surface area contributed by atoms with Crippen LogP contribution in [0.25, 0.3) is 6.08 Å². The lowest BCUT2D eigenvalue weighted by Gasteiger charge is -2.26. The van der Waals surface area contributed by atoms with Crippen LogP contribution < -0.4 is 15.0 Å². The molecule has 1 aliphatic heterocycles. The van der Waals surface area contributed by atoms with Crippen LogP contribution in [-0.4, -0.2) is 17.8 Å². The van der Waals surface area contributed by atoms with E-state index in [9.17, 15) is 18.8 Å². The Morgan fingerprint density at radius 2 is 1.82 bits per heavy atom. The molecule has 0 spiro atoms. The number of hydrogen-bond acceptors (Lipinski definition) is 4. The van der Waals surface area contributed by atoms with Crippen molar-refractivity contribution in [2.75, 3.05) is 4.90 Å². The van der Waals surface area contributed by atoms with Gasteiger partial charge in [0.1, 0.15) is 23.7 Å². The standard InChI is InChI=1S/C24H15BrClFN2O4/c25-16-7-8-21(33-13-14-3-1-5-18(27)9-14)15(10-16)11-20-22(30)28-24(32)29(23(20)31)19-6-2-4-17(26)12-19/h1-12H,13H2,(H,28,30,32)/b20-11+. The van der Waals surface area contributed by atoms with Crippen molar-refractivity contribution in [2.45, 2.75) is 6.61 Å². The third kappa shape index (κ3) is 5.13. The van der Waals surface area contributed by atoms with Gasteiger partial charge in [-0.2, -0.15) is 0 Å². The minimum Gasteiger partial charge on any atom is -0.488 e. The van der Waals surface area contributed by atoms with E-state index in [0.717, 1.165) is 4.90 Å². The third-order valence-corrected chi connectivity index (χ3v) is 5.45. The molecule has 0 radical (unpaired) electrons. The lowest BCUT2D eigenvalue weighted by atomic mass is 10.1. The third-order valence-electron chi connectivity index (χ3n) is 4.72. The number of carbonyl (C=O) groups excluding carboxylic acids is 3. The summed E-state index contributed by atoms with van der Waals surface area (Å²) in [6.07, 6.45) is 1.34. The molecule has 1 fully saturated rings. The highest BCUT2D eigenvalue weighted by atomic mass is 79.9. The lowest BCUT2D eigenvalue weighted by molar-refractivity contribution is -0.122. The van der Waals surface area contributed by atoms with Gasteiger partial charge >= 0.3 is 6.03 Å². The van der Waals surface area contributed by atoms with Gasteiger partial charge in [0.05, 0.1) is 5.69 Å². The number of urea groups is 1. The molecule has 0 atom stereocenters. The van der Waals surface area contributed by atoms with Crippen LogP contribution in [0.5, 0.6) is 5.75 Å². The number of benzene rings is 3. The number of imide groups is 2. The van der Waals surface area contributed by atoms with Crippen molar-refractivity contribution < 1.29 is 23.5 Å². The van der Waals surface area contributed by atoms with Gasteiger partial charge in [0.25, 0.3) is 11.8 Å². The van der Waals surface area contributed by atoms with Crippen LogP contribution in [-0.2, 0) is 16.2 Å². The summed E-state index contributed by atoms with van der Waals surface area (Å²) < 4.78 is 20.0. The van der Waals surface area contributed by atoms with Crippen molar-refractivity contribution in [2.24, 2.45) is 0 Å². The predicted molar refractivity (Wildman–Crippen MR) is 125 cm³/mol. The fourth-order valence-electron chi connectivity index (χ4n) is 3.21. The number of anilines is 1. The van der Waals surface area contributed by atoms with E-state index in [0.29, 0.717) is 26.4 Å². The fourth-order valence-corrected chi connectivity index (χ4v) is 3.78. The highest BCUT2D eigenvalue weighted by Crippen LogP contribution is 2.29. The number of hydrogen-bond donors (Lipinski definition) is 1. The van der Waals surface area contributed by atoms with Crippen molar-refractivity contribution in [1.29, 1.82) is 0 Å². The Morgan fingerprint density at radius 3 is 2.58 bits per heavy atom. The van der Waals surface area contributed by atoms with E-state index >= 15 is 0 Å². The Balaban J connectivity index is 1.68. The molecule has 33 heavy (non-hydrogen) atoms. The average Bonchev–Trinajstić information content (AvgIpc) is 2.76. The molecule has 166 valence electrons. The Hall–Kier alpha value is -3.49. The fraction of sp³-hybridized carbons (Fsp3) is 0.0417. The minimum atomic E-state index is -0.874. The molecular formula is C24H15BrClFN2O4. The van der Waals surface area contributed by atoms with Crippen molar-refractivity contribution >= 4 is 57.1 Å². The second kappa shape index (κ2) is 9.56. The molecule has 1 heterocycles. The maximum atomic E-state index is 13.5. The molecule has 4 rings (SSSR count). The SMILES string of the molecule is O=C1NC(=O)N(c2cccc(Cl)c2)C(=O)/C1=C/c1cc(Br)ccc1OCc1cccc(F)c1. The zero-order valence-corrected chi connectivity index (χ0v) is 19.2. The molecule has 0 bridgehead atoms. The van der Waals surface area contributed by atoms with E-state index in [1.165, 1.54) is 30.3 Å². The van der Waals surface area contributed by atoms with E-state index in [2.05, 4.69) is 21.2 Å². The van der Waals surface area contributed by atoms with Crippen LogP contribution in [0.15, 0.2) is 76.8 Å². The number of nitrogens with one attached hydrogen (secondary N) is 1. The van der Waals surface area contributed by atoms with Gasteiger partial charge in [-0.3, -0.25) is 14.9 Å². The summed E-state index contributed by atoms with van der Waals surface area (Å²) in [6, 6.07) is 16.3. The number of halogens is 3. The molecular weight excluding hydrogens is 515 g/mol. The largest absolute Gasteiger partial charge is 0.488 e. The van der Waals surface area contributed by atoms with Crippen LogP contribution in [0.2, 0.25) is 5.02 Å². The number of carbonyl (C=O) groups is 3. The summed E-state index contributed by atoms with van der Waals surface area (Å²) in [6.45, 7) is 0.0723. The van der Waals surface area contributed by atoms with E-state index < -0.39 is 17.8 Å². The molecule has 9 heteroatoms. The van der Waals surface area contributed by atoms with Gasteiger partial charge in [0.2, 0.25) is 0 Å². The quantitative estimate of drug-likeness (QED) is 0.350. The molecule has 3 aromatic carbocycles. The molecule has 4 amide bonds. The number of amides is 4. The molecule has 0 saturated carbocycles. The van der Waals surface area contributed by atoms with Gasteiger partial charge < -0.3 is 4.74 Å². The lowest BCUT2D eigenvalue weighted by Crippen LogP contribution is -2.54. The first-order valence-electron chi connectivity index (χ1n) is 9.65. The molecule has 1 N–H and O–H groups in total. The minimum absolute atomic E-state index is 0.0723. The van der Waals surface area contributed by atoms with Crippen molar-refractivity contribution in [3.05, 3.63) is 98.7 Å². The topological polar surface area (TPSA) is 75.7 Å². The van der Waals surface area contributed by atoms with Gasteiger partial charge in [-0.15, -0.1) is 0 Å². The highest BCUT2D eigenvalue weighted by molar-refractivity contribution is 9.10. The van der Waals surface area contributed by atoms with Gasteiger partial charge in [-0.05, 0) is 60.2 Å². The molecule has 3 aromatic rings. The van der Waals surface area contributed by atoms with Crippen LogP contribution in [0, 0.1) is 5.82 Å². The number of barbiturate groups is 1. The van der Waals surface area contributed by atoms with Gasteiger partial charge in [0, 0.05) is 15.1 Å². The highest BCUT2D eigenvalue weighted by Gasteiger charge is 2.37. The Kier molecular flexibility index (Phi) is 6.57. The molecule has 1 saturated heterocycles. The molecule has 0 unspecified atom stereocenters. The van der Waals surface area contributed by atoms with Gasteiger partial charge in [0.15, 0.2) is 0 Å². The van der Waals surface area contributed by atoms with Gasteiger partial charge in [-0.25, -0.2) is 14.1 Å². The van der Waals surface area contributed by atoms with Crippen LogP contribution in [0.3, 0.4) is 0 Å². The summed E-state index contributed by atoms with van der Waals surface area (Å²) in [5.74, 6) is -1.66. The number of ether oxygens (including phenoxy) is 1.